The van der Waals surface area contributed by atoms with E-state index in [0.29, 0.717) is 21.0 Å². The molecule has 2 rings (SSSR count). The van der Waals surface area contributed by atoms with Crippen molar-refractivity contribution in [3.05, 3.63) is 44.0 Å². The number of halogens is 2. The summed E-state index contributed by atoms with van der Waals surface area (Å²) in [4.78, 5) is 10.9. The van der Waals surface area contributed by atoms with Crippen molar-refractivity contribution in [3.63, 3.8) is 0 Å². The van der Waals surface area contributed by atoms with Gasteiger partial charge in [0.05, 0.1) is 4.47 Å². The molecule has 17 heavy (non-hydrogen) atoms. The van der Waals surface area contributed by atoms with Crippen molar-refractivity contribution in [3.8, 4) is 11.5 Å². The summed E-state index contributed by atoms with van der Waals surface area (Å²) < 4.78 is 6.25. The lowest BCUT2D eigenvalue weighted by molar-refractivity contribution is 0.0702. The van der Waals surface area contributed by atoms with Crippen molar-refractivity contribution >= 4 is 44.8 Å². The molecule has 0 amide bonds. The minimum Gasteiger partial charge on any atom is -0.477 e. The van der Waals surface area contributed by atoms with Crippen LogP contribution in [-0.2, 0) is 0 Å². The molecule has 0 radical (unpaired) electrons. The number of ether oxygens (including phenoxy) is 1. The molecule has 0 saturated heterocycles. The molecule has 1 N–H and O–H groups in total. The fourth-order valence-electron chi connectivity index (χ4n) is 1.17. The van der Waals surface area contributed by atoms with Crippen LogP contribution in [0, 0.1) is 0 Å². The zero-order valence-corrected chi connectivity index (χ0v) is 11.5. The van der Waals surface area contributed by atoms with E-state index in [9.17, 15) is 4.79 Å². The summed E-state index contributed by atoms with van der Waals surface area (Å²) in [6.45, 7) is 0. The van der Waals surface area contributed by atoms with E-state index in [1.54, 1.807) is 23.6 Å². The van der Waals surface area contributed by atoms with Crippen molar-refractivity contribution in [2.24, 2.45) is 0 Å². The van der Waals surface area contributed by atoms with Crippen LogP contribution in [0.3, 0.4) is 0 Å². The Labute approximate surface area is 115 Å². The summed E-state index contributed by atoms with van der Waals surface area (Å²) in [5.41, 5.74) is 0. The molecule has 0 aliphatic carbocycles. The van der Waals surface area contributed by atoms with Gasteiger partial charge < -0.3 is 9.84 Å². The zero-order chi connectivity index (χ0) is 12.4. The number of carboxylic acid groups (broad SMARTS) is 1. The van der Waals surface area contributed by atoms with Crippen molar-refractivity contribution in [1.29, 1.82) is 0 Å². The Hall–Kier alpha value is -1.04. The highest BCUT2D eigenvalue weighted by atomic mass is 79.9. The fraction of sp³-hybridized carbons (Fsp3) is 0. The lowest BCUT2D eigenvalue weighted by atomic mass is 10.3. The minimum atomic E-state index is -0.958. The van der Waals surface area contributed by atoms with Crippen LogP contribution in [-0.4, -0.2) is 11.1 Å². The Kier molecular flexibility index (Phi) is 3.71. The summed E-state index contributed by atoms with van der Waals surface area (Å²) in [5.74, 6) is 0.125. The number of carbonyl (C=O) groups is 1. The molecule has 0 bridgehead atoms. The SMILES string of the molecule is O=C(O)c1cc(Oc2ccc(Cl)cc2Br)cs1. The van der Waals surface area contributed by atoms with Gasteiger partial charge in [0.25, 0.3) is 0 Å². The zero-order valence-electron chi connectivity index (χ0n) is 8.31. The Morgan fingerprint density at radius 3 is 2.76 bits per heavy atom. The van der Waals surface area contributed by atoms with Gasteiger partial charge in [0, 0.05) is 16.5 Å². The van der Waals surface area contributed by atoms with Crippen LogP contribution >= 0.6 is 38.9 Å². The van der Waals surface area contributed by atoms with Gasteiger partial charge in [0.2, 0.25) is 0 Å². The predicted molar refractivity (Wildman–Crippen MR) is 70.5 cm³/mol. The highest BCUT2D eigenvalue weighted by Gasteiger charge is 2.09. The molecule has 0 aliphatic rings. The summed E-state index contributed by atoms with van der Waals surface area (Å²) >= 11 is 10.2. The third-order valence-corrected chi connectivity index (χ3v) is 3.66. The maximum Gasteiger partial charge on any atom is 0.346 e. The van der Waals surface area contributed by atoms with E-state index < -0.39 is 5.97 Å². The molecule has 0 spiro atoms. The number of benzene rings is 1. The molecular weight excluding hydrogens is 328 g/mol. The van der Waals surface area contributed by atoms with Crippen LogP contribution in [0.25, 0.3) is 0 Å². The molecule has 1 aromatic carbocycles. The van der Waals surface area contributed by atoms with Gasteiger partial charge >= 0.3 is 5.97 Å². The van der Waals surface area contributed by atoms with Crippen LogP contribution in [0.5, 0.6) is 11.5 Å². The predicted octanol–water partition coefficient (Wildman–Crippen LogP) is 4.65. The van der Waals surface area contributed by atoms with Crippen molar-refractivity contribution in [2.75, 3.05) is 0 Å². The molecule has 0 fully saturated rings. The number of hydrogen-bond acceptors (Lipinski definition) is 3. The number of rotatable bonds is 3. The number of hydrogen-bond donors (Lipinski definition) is 1. The largest absolute Gasteiger partial charge is 0.477 e. The van der Waals surface area contributed by atoms with E-state index >= 15 is 0 Å². The topological polar surface area (TPSA) is 46.5 Å². The van der Waals surface area contributed by atoms with Gasteiger partial charge in [0.15, 0.2) is 0 Å². The van der Waals surface area contributed by atoms with Gasteiger partial charge in [-0.2, -0.15) is 0 Å². The molecule has 88 valence electrons. The Morgan fingerprint density at radius 1 is 1.41 bits per heavy atom. The van der Waals surface area contributed by atoms with Gasteiger partial charge in [0.1, 0.15) is 16.4 Å². The third kappa shape index (κ3) is 3.00. The monoisotopic (exact) mass is 332 g/mol. The molecule has 6 heteroatoms. The van der Waals surface area contributed by atoms with Gasteiger partial charge in [-0.05, 0) is 34.1 Å². The molecule has 3 nitrogen and oxygen atoms in total. The van der Waals surface area contributed by atoms with E-state index in [1.807, 2.05) is 0 Å². The molecule has 0 saturated carbocycles. The van der Waals surface area contributed by atoms with Crippen LogP contribution in [0.15, 0.2) is 34.1 Å². The average Bonchev–Trinajstić information content (AvgIpc) is 2.71. The van der Waals surface area contributed by atoms with Crippen molar-refractivity contribution in [1.82, 2.24) is 0 Å². The lowest BCUT2D eigenvalue weighted by Gasteiger charge is -2.05. The Morgan fingerprint density at radius 2 is 2.18 bits per heavy atom. The average molecular weight is 334 g/mol. The molecule has 1 heterocycles. The first kappa shape index (κ1) is 12.4. The molecule has 0 atom stereocenters. The maximum absolute atomic E-state index is 10.7. The van der Waals surface area contributed by atoms with Gasteiger partial charge in [-0.1, -0.05) is 11.6 Å². The van der Waals surface area contributed by atoms with Crippen LogP contribution in [0.2, 0.25) is 5.02 Å². The highest BCUT2D eigenvalue weighted by molar-refractivity contribution is 9.10. The van der Waals surface area contributed by atoms with Crippen molar-refractivity contribution in [2.45, 2.75) is 0 Å². The second-order valence-corrected chi connectivity index (χ2v) is 5.33. The third-order valence-electron chi connectivity index (χ3n) is 1.91. The van der Waals surface area contributed by atoms with Crippen LogP contribution in [0.4, 0.5) is 0 Å². The number of carboxylic acids is 1. The first-order valence-corrected chi connectivity index (χ1v) is 6.56. The van der Waals surface area contributed by atoms with Gasteiger partial charge in [-0.15, -0.1) is 11.3 Å². The standard InChI is InChI=1S/C11H6BrClO3S/c12-8-3-6(13)1-2-9(8)16-7-4-10(11(14)15)17-5-7/h1-5H,(H,14,15). The Bertz CT molecular complexity index is 568. The molecule has 0 aliphatic heterocycles. The van der Waals surface area contributed by atoms with E-state index in [-0.39, 0.29) is 4.88 Å². The maximum atomic E-state index is 10.7. The van der Waals surface area contributed by atoms with E-state index in [2.05, 4.69) is 15.9 Å². The molecule has 1 aromatic heterocycles. The highest BCUT2D eigenvalue weighted by Crippen LogP contribution is 2.33. The number of thiophene rings is 1. The number of aromatic carboxylic acids is 1. The lowest BCUT2D eigenvalue weighted by Crippen LogP contribution is -1.90. The summed E-state index contributed by atoms with van der Waals surface area (Å²) in [6, 6.07) is 6.60. The quantitative estimate of drug-likeness (QED) is 0.889. The first-order chi connectivity index (χ1) is 8.06. The van der Waals surface area contributed by atoms with Gasteiger partial charge in [-0.25, -0.2) is 4.79 Å². The van der Waals surface area contributed by atoms with E-state index in [0.717, 1.165) is 11.3 Å². The second kappa shape index (κ2) is 5.08. The Balaban J connectivity index is 2.22. The molecule has 2 aromatic rings. The van der Waals surface area contributed by atoms with E-state index in [4.69, 9.17) is 21.4 Å². The van der Waals surface area contributed by atoms with Crippen LogP contribution in [0.1, 0.15) is 9.67 Å². The van der Waals surface area contributed by atoms with Crippen LogP contribution < -0.4 is 4.74 Å². The second-order valence-electron chi connectivity index (χ2n) is 3.13. The summed E-state index contributed by atoms with van der Waals surface area (Å²) in [7, 11) is 0. The first-order valence-electron chi connectivity index (χ1n) is 4.51. The molecule has 0 unspecified atom stereocenters. The summed E-state index contributed by atoms with van der Waals surface area (Å²) in [5, 5.41) is 11.0. The fourth-order valence-corrected chi connectivity index (χ4v) is 2.58. The van der Waals surface area contributed by atoms with Gasteiger partial charge in [-0.3, -0.25) is 0 Å². The summed E-state index contributed by atoms with van der Waals surface area (Å²) in [6.07, 6.45) is 0. The smallest absolute Gasteiger partial charge is 0.346 e. The van der Waals surface area contributed by atoms with E-state index in [1.165, 1.54) is 6.07 Å². The van der Waals surface area contributed by atoms with Crippen molar-refractivity contribution < 1.29 is 14.6 Å². The normalized spacial score (nSPS) is 10.2. The molecular formula is C11H6BrClO3S. The minimum absolute atomic E-state index is 0.241.